The lowest BCUT2D eigenvalue weighted by molar-refractivity contribution is -0.0395. The molecule has 0 radical (unpaired) electrons. The summed E-state index contributed by atoms with van der Waals surface area (Å²) in [6.07, 6.45) is 13.9. The van der Waals surface area contributed by atoms with E-state index in [4.69, 9.17) is 6.42 Å². The highest BCUT2D eigenvalue weighted by Crippen LogP contribution is 2.62. The monoisotopic (exact) mass is 338 g/mol. The second-order valence-corrected chi connectivity index (χ2v) is 8.87. The Hall–Kier alpha value is -1.46. The van der Waals surface area contributed by atoms with Crippen molar-refractivity contribution in [2.75, 3.05) is 0 Å². The lowest BCUT2D eigenvalue weighted by Gasteiger charge is -2.53. The van der Waals surface area contributed by atoms with E-state index in [1.54, 1.807) is 0 Å². The van der Waals surface area contributed by atoms with Crippen LogP contribution >= 0.6 is 0 Å². The lowest BCUT2D eigenvalue weighted by Crippen LogP contribution is -2.47. The predicted octanol–water partition coefficient (Wildman–Crippen LogP) is 4.64. The van der Waals surface area contributed by atoms with Crippen LogP contribution in [0.1, 0.15) is 68.9 Å². The molecule has 0 aromatic heterocycles. The molecule has 6 atom stereocenters. The number of rotatable bonds is 3. The summed E-state index contributed by atoms with van der Waals surface area (Å²) in [6, 6.07) is 6.00. The summed E-state index contributed by atoms with van der Waals surface area (Å²) in [5.41, 5.74) is 2.90. The Morgan fingerprint density at radius 2 is 2.12 bits per heavy atom. The molecule has 0 saturated heterocycles. The van der Waals surface area contributed by atoms with Gasteiger partial charge in [0.25, 0.3) is 0 Å². The van der Waals surface area contributed by atoms with E-state index in [0.717, 1.165) is 44.9 Å². The Balaban J connectivity index is 1.70. The molecule has 2 fully saturated rings. The SMILES string of the molecule is C#CCCC[C@@H]1Cc2cc(O)ccc2[C@H]2CC[C@]3(C)[C@@H](O)CC[C@H]3[C@H]12. The third kappa shape index (κ3) is 2.68. The van der Waals surface area contributed by atoms with E-state index < -0.39 is 0 Å². The largest absolute Gasteiger partial charge is 0.508 e. The van der Waals surface area contributed by atoms with Gasteiger partial charge in [0, 0.05) is 6.42 Å². The minimum absolute atomic E-state index is 0.0972. The van der Waals surface area contributed by atoms with Crippen LogP contribution in [0.5, 0.6) is 5.75 Å². The maximum absolute atomic E-state index is 10.6. The molecular weight excluding hydrogens is 308 g/mol. The van der Waals surface area contributed by atoms with Crippen LogP contribution in [0.4, 0.5) is 0 Å². The van der Waals surface area contributed by atoms with Gasteiger partial charge in [0.15, 0.2) is 0 Å². The molecule has 0 amide bonds. The van der Waals surface area contributed by atoms with Gasteiger partial charge in [-0.2, -0.15) is 0 Å². The molecule has 0 heterocycles. The molecule has 2 heteroatoms. The third-order valence-corrected chi connectivity index (χ3v) is 7.73. The van der Waals surface area contributed by atoms with Crippen LogP contribution in [-0.2, 0) is 6.42 Å². The fraction of sp³-hybridized carbons (Fsp3) is 0.652. The van der Waals surface area contributed by atoms with E-state index in [1.807, 2.05) is 12.1 Å². The second kappa shape index (κ2) is 6.36. The molecule has 3 aliphatic rings. The molecule has 0 aliphatic heterocycles. The Kier molecular flexibility index (Phi) is 4.32. The van der Waals surface area contributed by atoms with E-state index in [0.29, 0.717) is 29.4 Å². The smallest absolute Gasteiger partial charge is 0.115 e. The molecule has 3 aliphatic carbocycles. The second-order valence-electron chi connectivity index (χ2n) is 8.87. The van der Waals surface area contributed by atoms with Gasteiger partial charge in [-0.05, 0) is 97.3 Å². The number of aliphatic hydroxyl groups excluding tert-OH is 1. The van der Waals surface area contributed by atoms with Gasteiger partial charge in [0.05, 0.1) is 6.10 Å². The number of aliphatic hydroxyl groups is 1. The summed E-state index contributed by atoms with van der Waals surface area (Å²) < 4.78 is 0. The predicted molar refractivity (Wildman–Crippen MR) is 100 cm³/mol. The average molecular weight is 338 g/mol. The fourth-order valence-corrected chi connectivity index (χ4v) is 6.50. The average Bonchev–Trinajstić information content (AvgIpc) is 2.90. The van der Waals surface area contributed by atoms with E-state index in [1.165, 1.54) is 17.5 Å². The van der Waals surface area contributed by atoms with Gasteiger partial charge in [-0.25, -0.2) is 0 Å². The van der Waals surface area contributed by atoms with Crippen molar-refractivity contribution in [1.29, 1.82) is 0 Å². The minimum Gasteiger partial charge on any atom is -0.508 e. The summed E-state index contributed by atoms with van der Waals surface area (Å²) in [5, 5.41) is 20.6. The van der Waals surface area contributed by atoms with Crippen LogP contribution in [0.25, 0.3) is 0 Å². The number of fused-ring (bicyclic) bond motifs is 5. The molecule has 4 rings (SSSR count). The molecule has 1 aromatic rings. The zero-order chi connectivity index (χ0) is 17.6. The summed E-state index contributed by atoms with van der Waals surface area (Å²) >= 11 is 0. The van der Waals surface area contributed by atoms with Gasteiger partial charge in [0.2, 0.25) is 0 Å². The van der Waals surface area contributed by atoms with Crippen molar-refractivity contribution in [3.05, 3.63) is 29.3 Å². The molecule has 0 unspecified atom stereocenters. The van der Waals surface area contributed by atoms with Crippen LogP contribution in [0.3, 0.4) is 0 Å². The fourth-order valence-electron chi connectivity index (χ4n) is 6.50. The summed E-state index contributed by atoms with van der Waals surface area (Å²) in [7, 11) is 0. The van der Waals surface area contributed by atoms with E-state index in [2.05, 4.69) is 18.9 Å². The molecule has 1 aromatic carbocycles. The Morgan fingerprint density at radius 1 is 1.28 bits per heavy atom. The van der Waals surface area contributed by atoms with Crippen LogP contribution in [0, 0.1) is 35.5 Å². The number of hydrogen-bond donors (Lipinski definition) is 2. The first kappa shape index (κ1) is 17.0. The van der Waals surface area contributed by atoms with Crippen LogP contribution in [0.2, 0.25) is 0 Å². The lowest BCUT2D eigenvalue weighted by atomic mass is 9.52. The van der Waals surface area contributed by atoms with Crippen molar-refractivity contribution in [3.8, 4) is 18.1 Å². The maximum atomic E-state index is 10.6. The van der Waals surface area contributed by atoms with E-state index in [9.17, 15) is 10.2 Å². The molecule has 25 heavy (non-hydrogen) atoms. The molecular formula is C23H30O2. The van der Waals surface area contributed by atoms with Crippen LogP contribution < -0.4 is 0 Å². The van der Waals surface area contributed by atoms with E-state index in [-0.39, 0.29) is 11.5 Å². The molecule has 134 valence electrons. The number of phenolic OH excluding ortho intramolecular Hbond substituents is 1. The van der Waals surface area contributed by atoms with Gasteiger partial charge in [-0.15, -0.1) is 12.3 Å². The zero-order valence-corrected chi connectivity index (χ0v) is 15.2. The van der Waals surface area contributed by atoms with Crippen molar-refractivity contribution in [1.82, 2.24) is 0 Å². The van der Waals surface area contributed by atoms with Crippen LogP contribution in [-0.4, -0.2) is 16.3 Å². The Morgan fingerprint density at radius 3 is 2.92 bits per heavy atom. The topological polar surface area (TPSA) is 40.5 Å². The van der Waals surface area contributed by atoms with Crippen molar-refractivity contribution in [2.45, 2.75) is 70.3 Å². The Bertz CT molecular complexity index is 688. The Labute approximate surface area is 151 Å². The first-order valence-electron chi connectivity index (χ1n) is 9.98. The maximum Gasteiger partial charge on any atom is 0.115 e. The number of unbranched alkanes of at least 4 members (excludes halogenated alkanes) is 1. The zero-order valence-electron chi connectivity index (χ0n) is 15.2. The number of benzene rings is 1. The summed E-state index contributed by atoms with van der Waals surface area (Å²) in [4.78, 5) is 0. The van der Waals surface area contributed by atoms with Gasteiger partial charge < -0.3 is 10.2 Å². The molecule has 0 spiro atoms. The van der Waals surface area contributed by atoms with Crippen LogP contribution in [0.15, 0.2) is 18.2 Å². The third-order valence-electron chi connectivity index (χ3n) is 7.73. The highest BCUT2D eigenvalue weighted by molar-refractivity contribution is 5.40. The van der Waals surface area contributed by atoms with Gasteiger partial charge >= 0.3 is 0 Å². The number of hydrogen-bond acceptors (Lipinski definition) is 2. The molecule has 2 N–H and O–H groups in total. The number of aromatic hydroxyl groups is 1. The van der Waals surface area contributed by atoms with Crippen molar-refractivity contribution < 1.29 is 10.2 Å². The number of terminal acetylenes is 1. The van der Waals surface area contributed by atoms with Crippen molar-refractivity contribution >= 4 is 0 Å². The summed E-state index contributed by atoms with van der Waals surface area (Å²) in [5.74, 6) is 5.67. The van der Waals surface area contributed by atoms with E-state index >= 15 is 0 Å². The van der Waals surface area contributed by atoms with Crippen molar-refractivity contribution in [3.63, 3.8) is 0 Å². The standard InChI is InChI=1S/C23H30O2/c1-3-4-5-6-15-13-16-14-17(24)7-8-18(16)19-11-12-23(2)20(22(15)19)9-10-21(23)25/h1,7-8,14-15,19-22,24-25H,4-6,9-13H2,2H3/t15-,19-,20+,21+,22-,23+/m1/s1. The van der Waals surface area contributed by atoms with Gasteiger partial charge in [0.1, 0.15) is 5.75 Å². The highest BCUT2D eigenvalue weighted by atomic mass is 16.3. The molecule has 0 bridgehead atoms. The minimum atomic E-state index is -0.133. The quantitative estimate of drug-likeness (QED) is 0.623. The van der Waals surface area contributed by atoms with Gasteiger partial charge in [-0.1, -0.05) is 13.0 Å². The van der Waals surface area contributed by atoms with Gasteiger partial charge in [-0.3, -0.25) is 0 Å². The van der Waals surface area contributed by atoms with Crippen molar-refractivity contribution in [2.24, 2.45) is 23.2 Å². The molecule has 2 saturated carbocycles. The first-order chi connectivity index (χ1) is 12.0. The first-order valence-corrected chi connectivity index (χ1v) is 9.98. The molecule has 2 nitrogen and oxygen atoms in total. The number of phenols is 1. The highest BCUT2D eigenvalue weighted by Gasteiger charge is 2.56. The normalized spacial score (nSPS) is 39.2. The summed E-state index contributed by atoms with van der Waals surface area (Å²) in [6.45, 7) is 2.33.